The van der Waals surface area contributed by atoms with Gasteiger partial charge in [0, 0.05) is 29.7 Å². The maximum Gasteiger partial charge on any atom is 0.411 e. The van der Waals surface area contributed by atoms with E-state index in [-0.39, 0.29) is 18.2 Å². The molecule has 138 valence electrons. The van der Waals surface area contributed by atoms with Gasteiger partial charge in [-0.3, -0.25) is 4.90 Å². The Balaban J connectivity index is 1.66. The molecule has 1 amide bonds. The quantitative estimate of drug-likeness (QED) is 0.827. The lowest BCUT2D eigenvalue weighted by Gasteiger charge is -2.44. The van der Waals surface area contributed by atoms with Crippen LogP contribution in [0.3, 0.4) is 0 Å². The highest BCUT2D eigenvalue weighted by Crippen LogP contribution is 2.36. The lowest BCUT2D eigenvalue weighted by Crippen LogP contribution is -2.55. The molecule has 7 nitrogen and oxygen atoms in total. The first-order valence-corrected chi connectivity index (χ1v) is 9.88. The number of fused-ring (bicyclic) bond motifs is 3. The van der Waals surface area contributed by atoms with Gasteiger partial charge >= 0.3 is 6.09 Å². The van der Waals surface area contributed by atoms with Gasteiger partial charge in [0.05, 0.1) is 17.9 Å². The normalized spacial score (nSPS) is 23.0. The molecule has 2 unspecified atom stereocenters. The van der Waals surface area contributed by atoms with Crippen LogP contribution in [-0.4, -0.2) is 54.8 Å². The number of nitrogens with two attached hydrogens (primary N) is 1. The summed E-state index contributed by atoms with van der Waals surface area (Å²) >= 11 is 1.88. The average Bonchev–Trinajstić information content (AvgIpc) is 3.01. The summed E-state index contributed by atoms with van der Waals surface area (Å²) in [7, 11) is 0. The van der Waals surface area contributed by atoms with Crippen LogP contribution in [0.25, 0.3) is 11.2 Å². The van der Waals surface area contributed by atoms with Crippen molar-refractivity contribution < 1.29 is 9.53 Å². The minimum atomic E-state index is -0.494. The summed E-state index contributed by atoms with van der Waals surface area (Å²) in [6.07, 6.45) is 4.34. The van der Waals surface area contributed by atoms with Gasteiger partial charge in [0.15, 0.2) is 5.65 Å². The fourth-order valence-electron chi connectivity index (χ4n) is 3.49. The molecular formula is C18H23N5O2S. The maximum absolute atomic E-state index is 12.7. The van der Waals surface area contributed by atoms with Crippen LogP contribution >= 0.6 is 11.8 Å². The standard InChI is InChI=1S/C18H23N5O2S/c1-18(2,3)25-17(24)22-12-6-11(7-13(22)10-26-9-12)14-8-15(19)23-16(21-14)4-5-20-23/h4-6,8,12-13H,7,9-10,19H2,1-3H3. The summed E-state index contributed by atoms with van der Waals surface area (Å²) < 4.78 is 7.24. The maximum atomic E-state index is 12.7. The predicted octanol–water partition coefficient (Wildman–Crippen LogP) is 2.82. The fraction of sp³-hybridized carbons (Fsp3) is 0.500. The van der Waals surface area contributed by atoms with Crippen molar-refractivity contribution in [2.24, 2.45) is 0 Å². The number of nitrogen functional groups attached to an aromatic ring is 1. The Morgan fingerprint density at radius 1 is 1.38 bits per heavy atom. The number of rotatable bonds is 1. The molecular weight excluding hydrogens is 350 g/mol. The van der Waals surface area contributed by atoms with Crippen molar-refractivity contribution in [3.8, 4) is 0 Å². The van der Waals surface area contributed by atoms with E-state index in [1.54, 1.807) is 10.7 Å². The van der Waals surface area contributed by atoms with Gasteiger partial charge in [-0.15, -0.1) is 0 Å². The molecule has 2 bridgehead atoms. The Labute approximate surface area is 156 Å². The fourth-order valence-corrected chi connectivity index (χ4v) is 4.67. The first kappa shape index (κ1) is 17.2. The van der Waals surface area contributed by atoms with Gasteiger partial charge in [-0.2, -0.15) is 21.4 Å². The van der Waals surface area contributed by atoms with Gasteiger partial charge in [-0.05, 0) is 32.8 Å². The Bertz CT molecular complexity index is 885. The van der Waals surface area contributed by atoms with E-state index in [0.717, 1.165) is 34.8 Å². The van der Waals surface area contributed by atoms with Crippen LogP contribution in [-0.2, 0) is 4.74 Å². The highest BCUT2D eigenvalue weighted by molar-refractivity contribution is 7.99. The topological polar surface area (TPSA) is 85.8 Å². The van der Waals surface area contributed by atoms with E-state index in [0.29, 0.717) is 5.82 Å². The van der Waals surface area contributed by atoms with E-state index >= 15 is 0 Å². The predicted molar refractivity (Wildman–Crippen MR) is 103 cm³/mol. The molecule has 8 heteroatoms. The van der Waals surface area contributed by atoms with Crippen LogP contribution < -0.4 is 5.73 Å². The van der Waals surface area contributed by atoms with Crippen molar-refractivity contribution >= 4 is 34.9 Å². The third-order valence-electron chi connectivity index (χ3n) is 4.52. The third-order valence-corrected chi connectivity index (χ3v) is 5.72. The van der Waals surface area contributed by atoms with E-state index in [1.807, 2.05) is 49.6 Å². The average molecular weight is 373 g/mol. The molecule has 2 aromatic heterocycles. The van der Waals surface area contributed by atoms with Crippen LogP contribution in [0, 0.1) is 0 Å². The summed E-state index contributed by atoms with van der Waals surface area (Å²) in [5.41, 5.74) is 8.35. The van der Waals surface area contributed by atoms with Crippen LogP contribution in [0.1, 0.15) is 32.9 Å². The second-order valence-electron chi connectivity index (χ2n) is 7.71. The van der Waals surface area contributed by atoms with E-state index in [2.05, 4.69) is 16.2 Å². The number of thioether (sulfide) groups is 1. The van der Waals surface area contributed by atoms with Gasteiger partial charge < -0.3 is 10.5 Å². The molecule has 1 fully saturated rings. The molecule has 2 N–H and O–H groups in total. The van der Waals surface area contributed by atoms with Gasteiger partial charge in [0.25, 0.3) is 0 Å². The minimum absolute atomic E-state index is 0.0153. The van der Waals surface area contributed by atoms with Crippen LogP contribution in [0.4, 0.5) is 10.6 Å². The summed E-state index contributed by atoms with van der Waals surface area (Å²) in [4.78, 5) is 19.3. The Hall–Kier alpha value is -2.22. The van der Waals surface area contributed by atoms with Crippen LogP contribution in [0.2, 0.25) is 0 Å². The monoisotopic (exact) mass is 373 g/mol. The molecule has 2 aliphatic heterocycles. The first-order chi connectivity index (χ1) is 12.3. The number of hydrogen-bond acceptors (Lipinski definition) is 6. The molecule has 2 aromatic rings. The summed E-state index contributed by atoms with van der Waals surface area (Å²) in [5, 5.41) is 4.17. The Morgan fingerprint density at radius 3 is 2.92 bits per heavy atom. The van der Waals surface area contributed by atoms with E-state index in [4.69, 9.17) is 10.5 Å². The van der Waals surface area contributed by atoms with Crippen molar-refractivity contribution in [1.29, 1.82) is 0 Å². The Morgan fingerprint density at radius 2 is 2.19 bits per heavy atom. The molecule has 2 atom stereocenters. The van der Waals surface area contributed by atoms with Gasteiger partial charge in [-0.25, -0.2) is 9.78 Å². The van der Waals surface area contributed by atoms with Crippen molar-refractivity contribution in [3.63, 3.8) is 0 Å². The molecule has 4 heterocycles. The molecule has 0 saturated carbocycles. The van der Waals surface area contributed by atoms with Gasteiger partial charge in [0.1, 0.15) is 11.4 Å². The lowest BCUT2D eigenvalue weighted by molar-refractivity contribution is 0.0121. The van der Waals surface area contributed by atoms with Gasteiger partial charge in [0.2, 0.25) is 0 Å². The van der Waals surface area contributed by atoms with E-state index < -0.39 is 5.60 Å². The second kappa shape index (κ2) is 6.19. The zero-order valence-electron chi connectivity index (χ0n) is 15.2. The largest absolute Gasteiger partial charge is 0.444 e. The summed E-state index contributed by atoms with van der Waals surface area (Å²) in [5.74, 6) is 2.33. The zero-order valence-corrected chi connectivity index (χ0v) is 16.0. The molecule has 0 radical (unpaired) electrons. The zero-order chi connectivity index (χ0) is 18.5. The van der Waals surface area contributed by atoms with Crippen LogP contribution in [0.5, 0.6) is 0 Å². The molecule has 4 rings (SSSR count). The number of carbonyl (C=O) groups is 1. The highest BCUT2D eigenvalue weighted by Gasteiger charge is 2.40. The number of aromatic nitrogens is 3. The minimum Gasteiger partial charge on any atom is -0.444 e. The second-order valence-corrected chi connectivity index (χ2v) is 8.78. The number of amides is 1. The molecule has 1 saturated heterocycles. The molecule has 2 aliphatic rings. The first-order valence-electron chi connectivity index (χ1n) is 8.72. The smallest absolute Gasteiger partial charge is 0.411 e. The summed E-state index contributed by atoms with van der Waals surface area (Å²) in [6.45, 7) is 5.69. The highest BCUT2D eigenvalue weighted by atomic mass is 32.2. The van der Waals surface area contributed by atoms with Crippen molar-refractivity contribution in [2.75, 3.05) is 17.2 Å². The molecule has 26 heavy (non-hydrogen) atoms. The van der Waals surface area contributed by atoms with Gasteiger partial charge in [-0.1, -0.05) is 6.08 Å². The lowest BCUT2D eigenvalue weighted by atomic mass is 9.94. The Kier molecular flexibility index (Phi) is 4.10. The molecule has 0 spiro atoms. The number of hydrogen-bond donors (Lipinski definition) is 1. The number of ether oxygens (including phenoxy) is 1. The number of anilines is 1. The van der Waals surface area contributed by atoms with Crippen molar-refractivity contribution in [1.82, 2.24) is 19.5 Å². The molecule has 0 aromatic carbocycles. The third kappa shape index (κ3) is 3.13. The van der Waals surface area contributed by atoms with Crippen molar-refractivity contribution in [2.45, 2.75) is 44.9 Å². The molecule has 0 aliphatic carbocycles. The number of nitrogens with zero attached hydrogens (tertiary/aromatic N) is 4. The number of carbonyl (C=O) groups excluding carboxylic acids is 1. The van der Waals surface area contributed by atoms with Crippen LogP contribution in [0.15, 0.2) is 24.4 Å². The van der Waals surface area contributed by atoms with E-state index in [9.17, 15) is 4.79 Å². The summed E-state index contributed by atoms with van der Waals surface area (Å²) in [6, 6.07) is 3.82. The van der Waals surface area contributed by atoms with E-state index in [1.165, 1.54) is 0 Å². The van der Waals surface area contributed by atoms with Crippen molar-refractivity contribution in [3.05, 3.63) is 30.1 Å². The SMILES string of the molecule is CC(C)(C)OC(=O)N1C2C=C(c3cc(N)n4nccc4n3)CC1CSC2.